The molecule has 1 aliphatic rings. The highest BCUT2D eigenvalue weighted by Crippen LogP contribution is 2.19. The lowest BCUT2D eigenvalue weighted by Crippen LogP contribution is -2.38. The standard InChI is InChI=1S/C13H17N5O11S/c19-1-3-27-12-15-11(16-13(17-12)28-4-2-20)14-6-9(22)29-18-8(21)5-7(10(18)23)30(24,25)26/h7,19-20H,1-6H2,(H,24,25,26)(H,14,15,16,17)/p-1. The average molecular weight is 450 g/mol. The van der Waals surface area contributed by atoms with Crippen molar-refractivity contribution in [1.82, 2.24) is 20.0 Å². The second kappa shape index (κ2) is 10.1. The van der Waals surface area contributed by atoms with Gasteiger partial charge in [0.15, 0.2) is 0 Å². The minimum atomic E-state index is -5.09. The third kappa shape index (κ3) is 6.17. The van der Waals surface area contributed by atoms with Crippen molar-refractivity contribution in [2.75, 3.05) is 38.3 Å². The highest BCUT2D eigenvalue weighted by Gasteiger charge is 2.45. The molecule has 1 atom stereocenters. The Kier molecular flexibility index (Phi) is 7.75. The van der Waals surface area contributed by atoms with Gasteiger partial charge in [0.1, 0.15) is 35.1 Å². The Labute approximate surface area is 168 Å². The molecule has 0 spiro atoms. The number of carbonyl (C=O) groups excluding carboxylic acids is 3. The fourth-order valence-electron chi connectivity index (χ4n) is 2.01. The van der Waals surface area contributed by atoms with Crippen LogP contribution in [0.5, 0.6) is 12.0 Å². The highest BCUT2D eigenvalue weighted by molar-refractivity contribution is 7.87. The number of nitrogens with one attached hydrogen (secondary N) is 1. The molecule has 0 aliphatic carbocycles. The lowest BCUT2D eigenvalue weighted by atomic mass is 10.4. The van der Waals surface area contributed by atoms with E-state index < -0.39 is 46.1 Å². The first-order valence-electron chi connectivity index (χ1n) is 8.15. The number of carbonyl (C=O) groups is 3. The summed E-state index contributed by atoms with van der Waals surface area (Å²) in [5.74, 6) is -4.11. The number of anilines is 1. The Morgan fingerprint density at radius 1 is 1.13 bits per heavy atom. The van der Waals surface area contributed by atoms with Gasteiger partial charge in [-0.15, -0.1) is 10.0 Å². The van der Waals surface area contributed by atoms with Crippen molar-refractivity contribution in [2.24, 2.45) is 0 Å². The first kappa shape index (κ1) is 23.1. The first-order valence-corrected chi connectivity index (χ1v) is 9.62. The molecule has 16 nitrogen and oxygen atoms in total. The molecule has 30 heavy (non-hydrogen) atoms. The number of aliphatic hydroxyl groups is 2. The molecule has 17 heteroatoms. The molecule has 3 N–H and O–H groups in total. The summed E-state index contributed by atoms with van der Waals surface area (Å²) in [4.78, 5) is 51.1. The monoisotopic (exact) mass is 450 g/mol. The van der Waals surface area contributed by atoms with Gasteiger partial charge in [-0.05, 0) is 0 Å². The van der Waals surface area contributed by atoms with E-state index in [9.17, 15) is 27.4 Å². The van der Waals surface area contributed by atoms with Gasteiger partial charge in [-0.3, -0.25) is 9.59 Å². The molecule has 2 heterocycles. The normalized spacial score (nSPS) is 16.5. The molecule has 0 radical (unpaired) electrons. The number of hydrogen-bond donors (Lipinski definition) is 3. The van der Waals surface area contributed by atoms with Crippen LogP contribution >= 0.6 is 0 Å². The van der Waals surface area contributed by atoms with Crippen LogP contribution in [0.2, 0.25) is 0 Å². The van der Waals surface area contributed by atoms with Crippen LogP contribution in [0.25, 0.3) is 0 Å². The van der Waals surface area contributed by atoms with E-state index in [2.05, 4.69) is 25.1 Å². The molecule has 1 unspecified atom stereocenters. The molecular weight excluding hydrogens is 434 g/mol. The van der Waals surface area contributed by atoms with Crippen molar-refractivity contribution in [3.8, 4) is 12.0 Å². The van der Waals surface area contributed by atoms with Crippen molar-refractivity contribution in [3.63, 3.8) is 0 Å². The van der Waals surface area contributed by atoms with Crippen LogP contribution in [0.3, 0.4) is 0 Å². The second-order valence-electron chi connectivity index (χ2n) is 5.40. The van der Waals surface area contributed by atoms with Crippen LogP contribution in [0.1, 0.15) is 6.42 Å². The lowest BCUT2D eigenvalue weighted by Gasteiger charge is -2.15. The number of aromatic nitrogens is 3. The molecule has 2 rings (SSSR count). The molecule has 1 fully saturated rings. The summed E-state index contributed by atoms with van der Waals surface area (Å²) in [5, 5.41) is 17.7. The number of imide groups is 1. The zero-order chi connectivity index (χ0) is 22.3. The summed E-state index contributed by atoms with van der Waals surface area (Å²) in [6, 6.07) is -0.563. The fraction of sp³-hybridized carbons (Fsp3) is 0.538. The van der Waals surface area contributed by atoms with Crippen molar-refractivity contribution < 1.29 is 51.9 Å². The van der Waals surface area contributed by atoms with Gasteiger partial charge in [0.2, 0.25) is 5.95 Å². The van der Waals surface area contributed by atoms with Crippen LogP contribution < -0.4 is 14.8 Å². The predicted molar refractivity (Wildman–Crippen MR) is 89.5 cm³/mol. The Morgan fingerprint density at radius 2 is 1.70 bits per heavy atom. The van der Waals surface area contributed by atoms with E-state index in [0.717, 1.165) is 0 Å². The van der Waals surface area contributed by atoms with E-state index in [1.54, 1.807) is 0 Å². The van der Waals surface area contributed by atoms with Gasteiger partial charge in [-0.25, -0.2) is 13.2 Å². The lowest BCUT2D eigenvalue weighted by molar-refractivity contribution is -0.196. The molecule has 1 aromatic heterocycles. The second-order valence-corrected chi connectivity index (χ2v) is 6.95. The van der Waals surface area contributed by atoms with Gasteiger partial charge in [0.05, 0.1) is 19.6 Å². The van der Waals surface area contributed by atoms with Crippen LogP contribution in [-0.2, 0) is 29.3 Å². The SMILES string of the molecule is O=C(CNc1nc(OCCO)nc(OCCO)n1)ON1C(=O)CC(S(=O)(=O)[O-])C1=O. The molecule has 2 amide bonds. The third-order valence-electron chi connectivity index (χ3n) is 3.23. The maximum absolute atomic E-state index is 11.9. The third-order valence-corrected chi connectivity index (χ3v) is 4.30. The van der Waals surface area contributed by atoms with E-state index in [0.29, 0.717) is 0 Å². The summed E-state index contributed by atoms with van der Waals surface area (Å²) in [7, 11) is -5.09. The highest BCUT2D eigenvalue weighted by atomic mass is 32.2. The number of rotatable bonds is 11. The first-order chi connectivity index (χ1) is 14.2. The number of nitrogens with zero attached hydrogens (tertiary/aromatic N) is 4. The zero-order valence-corrected chi connectivity index (χ0v) is 15.9. The molecule has 0 aromatic carbocycles. The number of aliphatic hydroxyl groups excluding tert-OH is 2. The van der Waals surface area contributed by atoms with E-state index in [1.165, 1.54) is 0 Å². The van der Waals surface area contributed by atoms with Crippen molar-refractivity contribution in [1.29, 1.82) is 0 Å². The number of amides is 2. The van der Waals surface area contributed by atoms with Crippen molar-refractivity contribution in [2.45, 2.75) is 11.7 Å². The average Bonchev–Trinajstić information content (AvgIpc) is 2.97. The van der Waals surface area contributed by atoms with E-state index in [1.807, 2.05) is 0 Å². The van der Waals surface area contributed by atoms with Gasteiger partial charge in [-0.1, -0.05) is 0 Å². The Balaban J connectivity index is 2.01. The van der Waals surface area contributed by atoms with Gasteiger partial charge in [0, 0.05) is 0 Å². The van der Waals surface area contributed by atoms with Gasteiger partial charge in [0.25, 0.3) is 11.8 Å². The largest absolute Gasteiger partial charge is 0.747 e. The van der Waals surface area contributed by atoms with Crippen LogP contribution in [0.4, 0.5) is 5.95 Å². The van der Waals surface area contributed by atoms with Crippen molar-refractivity contribution in [3.05, 3.63) is 0 Å². The molecule has 1 aromatic rings. The van der Waals surface area contributed by atoms with Crippen LogP contribution in [-0.4, -0.2) is 99.2 Å². The zero-order valence-electron chi connectivity index (χ0n) is 15.1. The van der Waals surface area contributed by atoms with E-state index in [4.69, 9.17) is 19.7 Å². The summed E-state index contributed by atoms with van der Waals surface area (Å²) in [6.45, 7) is -1.70. The predicted octanol–water partition coefficient (Wildman–Crippen LogP) is -3.84. The van der Waals surface area contributed by atoms with E-state index in [-0.39, 0.29) is 49.5 Å². The quantitative estimate of drug-likeness (QED) is 0.216. The number of hydrogen-bond acceptors (Lipinski definition) is 15. The summed E-state index contributed by atoms with van der Waals surface area (Å²) >= 11 is 0. The molecule has 1 aliphatic heterocycles. The number of hydroxylamine groups is 2. The minimum absolute atomic E-state index is 0.0941. The fourth-order valence-corrected chi connectivity index (χ4v) is 2.70. The molecule has 166 valence electrons. The Bertz CT molecular complexity index is 882. The summed E-state index contributed by atoms with van der Waals surface area (Å²) < 4.78 is 42.9. The molecule has 0 saturated carbocycles. The molecular formula is C13H16N5O11S-. The minimum Gasteiger partial charge on any atom is -0.747 e. The maximum atomic E-state index is 11.9. The van der Waals surface area contributed by atoms with Crippen molar-refractivity contribution >= 4 is 33.9 Å². The van der Waals surface area contributed by atoms with Crippen LogP contribution in [0.15, 0.2) is 0 Å². The summed E-state index contributed by atoms with van der Waals surface area (Å²) in [5.41, 5.74) is 0. The summed E-state index contributed by atoms with van der Waals surface area (Å²) in [6.07, 6.45) is -0.935. The van der Waals surface area contributed by atoms with E-state index >= 15 is 0 Å². The van der Waals surface area contributed by atoms with Gasteiger partial charge >= 0.3 is 18.0 Å². The van der Waals surface area contributed by atoms with Crippen LogP contribution in [0, 0.1) is 0 Å². The van der Waals surface area contributed by atoms with Gasteiger partial charge in [-0.2, -0.15) is 9.97 Å². The maximum Gasteiger partial charge on any atom is 0.352 e. The Hall–Kier alpha value is -3.15. The number of ether oxygens (including phenoxy) is 2. The molecule has 1 saturated heterocycles. The van der Waals surface area contributed by atoms with Gasteiger partial charge < -0.3 is 34.4 Å². The molecule has 0 bridgehead atoms. The topological polar surface area (TPSA) is 230 Å². The smallest absolute Gasteiger partial charge is 0.352 e. The Morgan fingerprint density at radius 3 is 2.17 bits per heavy atom.